The third-order valence-corrected chi connectivity index (χ3v) is 3.33. The summed E-state index contributed by atoms with van der Waals surface area (Å²) < 4.78 is 38.3. The molecule has 2 N–H and O–H groups in total. The third-order valence-electron chi connectivity index (χ3n) is 3.33. The summed E-state index contributed by atoms with van der Waals surface area (Å²) in [5.74, 6) is -2.34. The average molecular weight is 301 g/mol. The molecular weight excluding hydrogens is 287 g/mol. The van der Waals surface area contributed by atoms with Gasteiger partial charge in [0, 0.05) is 0 Å². The highest BCUT2D eigenvalue weighted by Gasteiger charge is 2.49. The van der Waals surface area contributed by atoms with Crippen LogP contribution < -0.4 is 5.32 Å². The average Bonchev–Trinajstić information content (AvgIpc) is 3.19. The van der Waals surface area contributed by atoms with Gasteiger partial charge in [-0.3, -0.25) is 4.79 Å². The zero-order valence-electron chi connectivity index (χ0n) is 11.0. The number of carbonyl (C=O) groups excluding carboxylic acids is 1. The standard InChI is InChI=1S/C14H14F3NO3/c15-14(16,17)12(9-5-6-9)18-11(19)7-8-1-3-10(4-2-8)13(20)21/h1-4,9,12H,5-7H2,(H,18,19)(H,20,21). The first-order valence-corrected chi connectivity index (χ1v) is 6.45. The monoisotopic (exact) mass is 301 g/mol. The van der Waals surface area contributed by atoms with Crippen LogP contribution in [-0.4, -0.2) is 29.2 Å². The molecule has 1 atom stereocenters. The highest BCUT2D eigenvalue weighted by Crippen LogP contribution is 2.40. The Morgan fingerprint density at radius 1 is 1.24 bits per heavy atom. The minimum Gasteiger partial charge on any atom is -0.478 e. The maximum atomic E-state index is 12.8. The van der Waals surface area contributed by atoms with Crippen LogP contribution in [0.3, 0.4) is 0 Å². The molecule has 0 radical (unpaired) electrons. The second-order valence-corrected chi connectivity index (χ2v) is 5.10. The van der Waals surface area contributed by atoms with E-state index < -0.39 is 30.0 Å². The molecule has 1 saturated carbocycles. The second-order valence-electron chi connectivity index (χ2n) is 5.10. The molecule has 0 saturated heterocycles. The van der Waals surface area contributed by atoms with Gasteiger partial charge < -0.3 is 10.4 Å². The number of nitrogens with one attached hydrogen (secondary N) is 1. The van der Waals surface area contributed by atoms with Gasteiger partial charge in [-0.25, -0.2) is 4.79 Å². The molecule has 114 valence electrons. The summed E-state index contributed by atoms with van der Waals surface area (Å²) in [5.41, 5.74) is 0.527. The summed E-state index contributed by atoms with van der Waals surface area (Å²) in [5, 5.41) is 10.8. The molecule has 0 bridgehead atoms. The zero-order chi connectivity index (χ0) is 15.6. The van der Waals surface area contributed by atoms with Crippen LogP contribution in [0, 0.1) is 5.92 Å². The third kappa shape index (κ3) is 4.21. The van der Waals surface area contributed by atoms with E-state index in [-0.39, 0.29) is 12.0 Å². The second kappa shape index (κ2) is 5.75. The summed E-state index contributed by atoms with van der Waals surface area (Å²) in [6, 6.07) is 3.68. The van der Waals surface area contributed by atoms with E-state index in [1.165, 1.54) is 24.3 Å². The minimum absolute atomic E-state index is 0.0605. The van der Waals surface area contributed by atoms with E-state index in [1.807, 2.05) is 5.32 Å². The number of rotatable bonds is 5. The number of carboxylic acid groups (broad SMARTS) is 1. The lowest BCUT2D eigenvalue weighted by molar-refractivity contribution is -0.165. The maximum Gasteiger partial charge on any atom is 0.408 e. The van der Waals surface area contributed by atoms with Crippen LogP contribution in [0.1, 0.15) is 28.8 Å². The normalized spacial score (nSPS) is 16.3. The Hall–Kier alpha value is -2.05. The summed E-state index contributed by atoms with van der Waals surface area (Å²) in [6.45, 7) is 0. The Labute approximate surface area is 119 Å². The first-order chi connectivity index (χ1) is 9.77. The van der Waals surface area contributed by atoms with Crippen molar-refractivity contribution in [2.45, 2.75) is 31.5 Å². The van der Waals surface area contributed by atoms with Crippen LogP contribution in [0.5, 0.6) is 0 Å². The lowest BCUT2D eigenvalue weighted by Crippen LogP contribution is -2.47. The first-order valence-electron chi connectivity index (χ1n) is 6.45. The fourth-order valence-electron chi connectivity index (χ4n) is 2.07. The van der Waals surface area contributed by atoms with Crippen molar-refractivity contribution < 1.29 is 27.9 Å². The van der Waals surface area contributed by atoms with Gasteiger partial charge in [0.25, 0.3) is 0 Å². The van der Waals surface area contributed by atoms with E-state index in [0.717, 1.165) is 0 Å². The summed E-state index contributed by atoms with van der Waals surface area (Å²) in [7, 11) is 0. The van der Waals surface area contributed by atoms with Gasteiger partial charge in [-0.2, -0.15) is 13.2 Å². The van der Waals surface area contributed by atoms with E-state index in [2.05, 4.69) is 0 Å². The van der Waals surface area contributed by atoms with Gasteiger partial charge in [-0.05, 0) is 36.5 Å². The number of carbonyl (C=O) groups is 2. The first kappa shape index (κ1) is 15.3. The maximum absolute atomic E-state index is 12.8. The topological polar surface area (TPSA) is 66.4 Å². The van der Waals surface area contributed by atoms with Gasteiger partial charge in [0.15, 0.2) is 0 Å². The zero-order valence-corrected chi connectivity index (χ0v) is 11.0. The fraction of sp³-hybridized carbons (Fsp3) is 0.429. The molecule has 1 aromatic carbocycles. The molecule has 0 aliphatic heterocycles. The number of hydrogen-bond donors (Lipinski definition) is 2. The van der Waals surface area contributed by atoms with Crippen LogP contribution in [0.15, 0.2) is 24.3 Å². The molecule has 0 aromatic heterocycles. The van der Waals surface area contributed by atoms with Crippen molar-refractivity contribution in [3.63, 3.8) is 0 Å². The quantitative estimate of drug-likeness (QED) is 0.877. The predicted molar refractivity (Wildman–Crippen MR) is 67.8 cm³/mol. The van der Waals surface area contributed by atoms with Crippen LogP contribution in [-0.2, 0) is 11.2 Å². The van der Waals surface area contributed by atoms with E-state index in [0.29, 0.717) is 18.4 Å². The van der Waals surface area contributed by atoms with Crippen molar-refractivity contribution in [1.29, 1.82) is 0 Å². The molecule has 2 rings (SSSR count). The molecule has 7 heteroatoms. The molecule has 1 amide bonds. The van der Waals surface area contributed by atoms with Gasteiger partial charge in [-0.1, -0.05) is 12.1 Å². The number of carboxylic acids is 1. The number of amides is 1. The lowest BCUT2D eigenvalue weighted by atomic mass is 10.1. The van der Waals surface area contributed by atoms with Crippen LogP contribution in [0.4, 0.5) is 13.2 Å². The Morgan fingerprint density at radius 3 is 2.24 bits per heavy atom. The molecular formula is C14H14F3NO3. The molecule has 1 aliphatic rings. The SMILES string of the molecule is O=C(Cc1ccc(C(=O)O)cc1)NC(C1CC1)C(F)(F)F. The number of aromatic carboxylic acids is 1. The molecule has 1 aromatic rings. The largest absolute Gasteiger partial charge is 0.478 e. The van der Waals surface area contributed by atoms with E-state index in [4.69, 9.17) is 5.11 Å². The summed E-state index contributed by atoms with van der Waals surface area (Å²) in [4.78, 5) is 22.4. The molecule has 21 heavy (non-hydrogen) atoms. The van der Waals surface area contributed by atoms with E-state index in [9.17, 15) is 22.8 Å². The van der Waals surface area contributed by atoms with E-state index in [1.54, 1.807) is 0 Å². The molecule has 0 spiro atoms. The predicted octanol–water partition coefficient (Wildman–Crippen LogP) is 2.38. The highest BCUT2D eigenvalue weighted by molar-refractivity contribution is 5.87. The van der Waals surface area contributed by atoms with Gasteiger partial charge in [-0.15, -0.1) is 0 Å². The van der Waals surface area contributed by atoms with E-state index >= 15 is 0 Å². The van der Waals surface area contributed by atoms with Crippen molar-refractivity contribution in [2.24, 2.45) is 5.92 Å². The van der Waals surface area contributed by atoms with Gasteiger partial charge >= 0.3 is 12.1 Å². The molecule has 1 aliphatic carbocycles. The van der Waals surface area contributed by atoms with Crippen molar-refractivity contribution >= 4 is 11.9 Å². The van der Waals surface area contributed by atoms with Crippen LogP contribution >= 0.6 is 0 Å². The number of alkyl halides is 3. The smallest absolute Gasteiger partial charge is 0.408 e. The summed E-state index contributed by atoms with van der Waals surface area (Å²) in [6.07, 6.45) is -3.71. The van der Waals surface area contributed by atoms with Crippen molar-refractivity contribution in [3.8, 4) is 0 Å². The highest BCUT2D eigenvalue weighted by atomic mass is 19.4. The molecule has 4 nitrogen and oxygen atoms in total. The minimum atomic E-state index is -4.44. The van der Waals surface area contributed by atoms with Crippen molar-refractivity contribution in [2.75, 3.05) is 0 Å². The van der Waals surface area contributed by atoms with Crippen LogP contribution in [0.2, 0.25) is 0 Å². The Morgan fingerprint density at radius 2 is 1.81 bits per heavy atom. The Balaban J connectivity index is 1.96. The van der Waals surface area contributed by atoms with Crippen molar-refractivity contribution in [3.05, 3.63) is 35.4 Å². The molecule has 1 fully saturated rings. The van der Waals surface area contributed by atoms with Gasteiger partial charge in [0.1, 0.15) is 6.04 Å². The van der Waals surface area contributed by atoms with Crippen molar-refractivity contribution in [1.82, 2.24) is 5.32 Å². The molecule has 1 unspecified atom stereocenters. The molecule has 0 heterocycles. The number of benzene rings is 1. The summed E-state index contributed by atoms with van der Waals surface area (Å²) >= 11 is 0. The lowest BCUT2D eigenvalue weighted by Gasteiger charge is -2.21. The van der Waals surface area contributed by atoms with Crippen LogP contribution in [0.25, 0.3) is 0 Å². The fourth-order valence-corrected chi connectivity index (χ4v) is 2.07. The van der Waals surface area contributed by atoms with Gasteiger partial charge in [0.2, 0.25) is 5.91 Å². The Bertz CT molecular complexity index is 535. The number of hydrogen-bond acceptors (Lipinski definition) is 2. The Kier molecular flexibility index (Phi) is 4.20. The number of halogens is 3. The van der Waals surface area contributed by atoms with Gasteiger partial charge in [0.05, 0.1) is 12.0 Å².